The third-order valence-electron chi connectivity index (χ3n) is 2.16. The lowest BCUT2D eigenvalue weighted by Crippen LogP contribution is -2.08. The Balaban J connectivity index is 2.28. The molecule has 3 aromatic rings. The van der Waals surface area contributed by atoms with E-state index in [0.29, 0.717) is 16.7 Å². The van der Waals surface area contributed by atoms with Gasteiger partial charge in [-0.15, -0.1) is 11.3 Å². The minimum Gasteiger partial charge on any atom is -0.267 e. The van der Waals surface area contributed by atoms with Crippen molar-refractivity contribution in [2.24, 2.45) is 0 Å². The smallest absolute Gasteiger partial charge is 0.267 e. The Morgan fingerprint density at radius 3 is 3.06 bits per heavy atom. The lowest BCUT2D eigenvalue weighted by Gasteiger charge is -1.97. The fraction of sp³-hybridized carbons (Fsp3) is 0. The molecule has 0 spiro atoms. The second-order valence-corrected chi connectivity index (χ2v) is 4.12. The Morgan fingerprint density at radius 1 is 1.31 bits per heavy atom. The number of nitrogens with one attached hydrogen (secondary N) is 1. The molecule has 0 aliphatic heterocycles. The van der Waals surface area contributed by atoms with Crippen LogP contribution >= 0.6 is 11.3 Å². The van der Waals surface area contributed by atoms with Crippen molar-refractivity contribution in [3.63, 3.8) is 0 Å². The molecule has 3 heterocycles. The van der Waals surface area contributed by atoms with Crippen molar-refractivity contribution >= 4 is 22.2 Å². The Labute approximate surface area is 93.8 Å². The van der Waals surface area contributed by atoms with Crippen LogP contribution in [0, 0.1) is 0 Å². The van der Waals surface area contributed by atoms with Crippen LogP contribution < -0.4 is 5.56 Å². The van der Waals surface area contributed by atoms with Gasteiger partial charge in [-0.25, -0.2) is 15.1 Å². The van der Waals surface area contributed by atoms with Crippen molar-refractivity contribution in [2.75, 3.05) is 0 Å². The molecule has 3 rings (SSSR count). The second kappa shape index (κ2) is 3.49. The van der Waals surface area contributed by atoms with E-state index < -0.39 is 0 Å². The van der Waals surface area contributed by atoms with Gasteiger partial charge >= 0.3 is 0 Å². The van der Waals surface area contributed by atoms with E-state index >= 15 is 0 Å². The number of aromatic amines is 1. The third-order valence-corrected chi connectivity index (χ3v) is 3.02. The van der Waals surface area contributed by atoms with E-state index in [1.54, 1.807) is 11.3 Å². The molecule has 0 aromatic carbocycles. The number of fused-ring (bicyclic) bond motifs is 1. The zero-order valence-electron chi connectivity index (χ0n) is 8.04. The number of thiophene rings is 1. The van der Waals surface area contributed by atoms with Crippen molar-refractivity contribution < 1.29 is 0 Å². The van der Waals surface area contributed by atoms with Crippen LogP contribution in [-0.4, -0.2) is 20.2 Å². The van der Waals surface area contributed by atoms with Gasteiger partial charge in [0.25, 0.3) is 5.56 Å². The first-order valence-corrected chi connectivity index (χ1v) is 5.47. The average Bonchev–Trinajstić information content (AvgIpc) is 2.82. The van der Waals surface area contributed by atoms with E-state index in [4.69, 9.17) is 0 Å². The molecule has 0 aliphatic carbocycles. The minimum atomic E-state index is -0.268. The van der Waals surface area contributed by atoms with Gasteiger partial charge in [0.05, 0.1) is 22.0 Å². The topological polar surface area (TPSA) is 71.5 Å². The molecule has 0 amide bonds. The lowest BCUT2D eigenvalue weighted by molar-refractivity contribution is 1.00. The molecule has 0 atom stereocenters. The number of hydrogen-bond donors (Lipinski definition) is 1. The Kier molecular flexibility index (Phi) is 2.00. The Bertz CT molecular complexity index is 689. The molecule has 0 saturated carbocycles. The summed E-state index contributed by atoms with van der Waals surface area (Å²) in [4.78, 5) is 20.8. The van der Waals surface area contributed by atoms with Crippen LogP contribution in [0.25, 0.3) is 21.6 Å². The first kappa shape index (κ1) is 9.17. The predicted octanol–water partition coefficient (Wildman–Crippen LogP) is 1.44. The second-order valence-electron chi connectivity index (χ2n) is 3.17. The highest BCUT2D eigenvalue weighted by atomic mass is 32.1. The van der Waals surface area contributed by atoms with Gasteiger partial charge in [-0.2, -0.15) is 5.10 Å². The van der Waals surface area contributed by atoms with Crippen molar-refractivity contribution in [3.8, 4) is 10.7 Å². The van der Waals surface area contributed by atoms with Crippen molar-refractivity contribution in [1.29, 1.82) is 0 Å². The van der Waals surface area contributed by atoms with Gasteiger partial charge in [0, 0.05) is 6.20 Å². The quantitative estimate of drug-likeness (QED) is 0.686. The SMILES string of the molecule is O=c1[nH]ncc2nc(-c3cccs3)ncc12. The van der Waals surface area contributed by atoms with Crippen molar-refractivity contribution in [2.45, 2.75) is 0 Å². The number of aromatic nitrogens is 4. The fourth-order valence-electron chi connectivity index (χ4n) is 1.41. The first-order chi connectivity index (χ1) is 7.84. The van der Waals surface area contributed by atoms with E-state index in [2.05, 4.69) is 20.2 Å². The minimum absolute atomic E-state index is 0.268. The maximum Gasteiger partial charge on any atom is 0.275 e. The highest BCUT2D eigenvalue weighted by molar-refractivity contribution is 7.13. The molecule has 0 aliphatic rings. The van der Waals surface area contributed by atoms with Crippen LogP contribution in [0.3, 0.4) is 0 Å². The highest BCUT2D eigenvalue weighted by Crippen LogP contribution is 2.21. The molecule has 78 valence electrons. The largest absolute Gasteiger partial charge is 0.275 e. The molecule has 0 fully saturated rings. The van der Waals surface area contributed by atoms with Crippen LogP contribution in [0.15, 0.2) is 34.7 Å². The van der Waals surface area contributed by atoms with Gasteiger partial charge in [-0.1, -0.05) is 6.07 Å². The Hall–Kier alpha value is -2.08. The molecule has 16 heavy (non-hydrogen) atoms. The van der Waals surface area contributed by atoms with Gasteiger partial charge in [0.1, 0.15) is 0 Å². The average molecular weight is 230 g/mol. The van der Waals surface area contributed by atoms with Crippen LogP contribution in [0.4, 0.5) is 0 Å². The molecular formula is C10H6N4OS. The fourth-order valence-corrected chi connectivity index (χ4v) is 2.07. The molecule has 3 aromatic heterocycles. The first-order valence-electron chi connectivity index (χ1n) is 4.59. The Morgan fingerprint density at radius 2 is 2.25 bits per heavy atom. The van der Waals surface area contributed by atoms with E-state index in [0.717, 1.165) is 4.88 Å². The molecule has 0 saturated heterocycles. The molecule has 0 unspecified atom stereocenters. The summed E-state index contributed by atoms with van der Waals surface area (Å²) in [6, 6.07) is 3.87. The zero-order chi connectivity index (χ0) is 11.0. The van der Waals surface area contributed by atoms with Crippen molar-refractivity contribution in [3.05, 3.63) is 40.3 Å². The summed E-state index contributed by atoms with van der Waals surface area (Å²) in [6.07, 6.45) is 3.05. The monoisotopic (exact) mass is 230 g/mol. The molecule has 1 N–H and O–H groups in total. The molecule has 0 radical (unpaired) electrons. The molecule has 5 nitrogen and oxygen atoms in total. The van der Waals surface area contributed by atoms with Gasteiger partial charge in [0.15, 0.2) is 5.82 Å². The maximum atomic E-state index is 11.4. The van der Waals surface area contributed by atoms with E-state index in [1.165, 1.54) is 12.4 Å². The standard InChI is InChI=1S/C10H6N4OS/c15-10-6-4-11-9(8-2-1-3-16-8)13-7(6)5-12-14-10/h1-5H,(H,14,15). The third kappa shape index (κ3) is 1.40. The van der Waals surface area contributed by atoms with Gasteiger partial charge < -0.3 is 0 Å². The summed E-state index contributed by atoms with van der Waals surface area (Å²) < 4.78 is 0. The summed E-state index contributed by atoms with van der Waals surface area (Å²) in [5.74, 6) is 0.620. The van der Waals surface area contributed by atoms with E-state index in [-0.39, 0.29) is 5.56 Å². The summed E-state index contributed by atoms with van der Waals surface area (Å²) >= 11 is 1.56. The van der Waals surface area contributed by atoms with Gasteiger partial charge in [-0.3, -0.25) is 4.79 Å². The zero-order valence-corrected chi connectivity index (χ0v) is 8.86. The molecular weight excluding hydrogens is 224 g/mol. The molecule has 0 bridgehead atoms. The normalized spacial score (nSPS) is 10.8. The van der Waals surface area contributed by atoms with Crippen LogP contribution in [0.1, 0.15) is 0 Å². The van der Waals surface area contributed by atoms with Gasteiger partial charge in [0.2, 0.25) is 0 Å². The number of H-pyrrole nitrogens is 1. The summed E-state index contributed by atoms with van der Waals surface area (Å²) in [5.41, 5.74) is 0.289. The van der Waals surface area contributed by atoms with E-state index in [1.807, 2.05) is 17.5 Å². The van der Waals surface area contributed by atoms with Crippen molar-refractivity contribution in [1.82, 2.24) is 20.2 Å². The van der Waals surface area contributed by atoms with Gasteiger partial charge in [-0.05, 0) is 11.4 Å². The molecule has 6 heteroatoms. The highest BCUT2D eigenvalue weighted by Gasteiger charge is 2.05. The van der Waals surface area contributed by atoms with E-state index in [9.17, 15) is 4.79 Å². The number of rotatable bonds is 1. The number of nitrogens with zero attached hydrogens (tertiary/aromatic N) is 3. The van der Waals surface area contributed by atoms with Crippen LogP contribution in [-0.2, 0) is 0 Å². The summed E-state index contributed by atoms with van der Waals surface area (Å²) in [5, 5.41) is 8.47. The van der Waals surface area contributed by atoms with Crippen LogP contribution in [0.2, 0.25) is 0 Å². The van der Waals surface area contributed by atoms with Crippen LogP contribution in [0.5, 0.6) is 0 Å². The summed E-state index contributed by atoms with van der Waals surface area (Å²) in [7, 11) is 0. The maximum absolute atomic E-state index is 11.4. The summed E-state index contributed by atoms with van der Waals surface area (Å²) in [6.45, 7) is 0. The predicted molar refractivity (Wildman–Crippen MR) is 61.3 cm³/mol. The number of hydrogen-bond acceptors (Lipinski definition) is 5. The lowest BCUT2D eigenvalue weighted by atomic mass is 10.3.